The van der Waals surface area contributed by atoms with Crippen LogP contribution < -0.4 is 0 Å². The van der Waals surface area contributed by atoms with Crippen LogP contribution in [0.25, 0.3) is 0 Å². The van der Waals surface area contributed by atoms with Crippen LogP contribution >= 0.6 is 0 Å². The monoisotopic (exact) mass is 422 g/mol. The number of esters is 1. The summed E-state index contributed by atoms with van der Waals surface area (Å²) in [6.07, 6.45) is 5.02. The summed E-state index contributed by atoms with van der Waals surface area (Å²) < 4.78 is 7.44. The fourth-order valence-electron chi connectivity index (χ4n) is 5.29. The van der Waals surface area contributed by atoms with Gasteiger partial charge in [0.05, 0.1) is 12.2 Å². The van der Waals surface area contributed by atoms with Crippen molar-refractivity contribution in [3.63, 3.8) is 0 Å². The molecule has 1 aromatic carbocycles. The quantitative estimate of drug-likeness (QED) is 0.658. The molecule has 1 fully saturated rings. The van der Waals surface area contributed by atoms with Gasteiger partial charge in [-0.05, 0) is 76.0 Å². The third kappa shape index (κ3) is 4.56. The van der Waals surface area contributed by atoms with Gasteiger partial charge < -0.3 is 14.2 Å². The Hall–Kier alpha value is -2.56. The zero-order valence-corrected chi connectivity index (χ0v) is 19.0. The summed E-state index contributed by atoms with van der Waals surface area (Å²) in [6.45, 7) is 8.79. The van der Waals surface area contributed by atoms with Gasteiger partial charge in [-0.1, -0.05) is 24.3 Å². The third-order valence-electron chi connectivity index (χ3n) is 7.15. The molecule has 2 aromatic rings. The van der Waals surface area contributed by atoms with Gasteiger partial charge in [-0.3, -0.25) is 4.79 Å². The Morgan fingerprint density at radius 1 is 1.06 bits per heavy atom. The van der Waals surface area contributed by atoms with Crippen molar-refractivity contribution in [3.8, 4) is 0 Å². The molecule has 0 saturated heterocycles. The molecule has 0 bridgehead atoms. The number of carbonyl (C=O) groups excluding carboxylic acids is 2. The predicted octanol–water partition coefficient (Wildman–Crippen LogP) is 4.67. The molecule has 166 valence electrons. The number of aryl methyl sites for hydroxylation is 1. The summed E-state index contributed by atoms with van der Waals surface area (Å²) >= 11 is 0. The van der Waals surface area contributed by atoms with E-state index in [0.29, 0.717) is 24.0 Å². The molecular formula is C26H34N2O3. The minimum Gasteiger partial charge on any atom is -0.462 e. The number of rotatable bonds is 5. The Bertz CT molecular complexity index is 954. The molecule has 1 amide bonds. The van der Waals surface area contributed by atoms with Crippen molar-refractivity contribution in [1.29, 1.82) is 0 Å². The molecule has 1 saturated carbocycles. The van der Waals surface area contributed by atoms with Crippen LogP contribution in [0.2, 0.25) is 0 Å². The first-order valence-corrected chi connectivity index (χ1v) is 11.7. The summed E-state index contributed by atoms with van der Waals surface area (Å²) in [6, 6.07) is 10.4. The van der Waals surface area contributed by atoms with Gasteiger partial charge in [0.1, 0.15) is 0 Å². The average Bonchev–Trinajstić information content (AvgIpc) is 3.07. The van der Waals surface area contributed by atoms with Gasteiger partial charge in [-0.25, -0.2) is 4.79 Å². The van der Waals surface area contributed by atoms with Crippen molar-refractivity contribution in [2.24, 2.45) is 11.8 Å². The average molecular weight is 423 g/mol. The molecule has 4 rings (SSSR count). The van der Waals surface area contributed by atoms with Crippen LogP contribution in [0.4, 0.5) is 0 Å². The topological polar surface area (TPSA) is 51.5 Å². The number of nitrogens with zero attached hydrogens (tertiary/aromatic N) is 2. The van der Waals surface area contributed by atoms with Gasteiger partial charge in [-0.2, -0.15) is 0 Å². The normalized spacial score (nSPS) is 20.9. The Morgan fingerprint density at radius 2 is 1.77 bits per heavy atom. The Morgan fingerprint density at radius 3 is 2.48 bits per heavy atom. The lowest BCUT2D eigenvalue weighted by Gasteiger charge is -2.35. The van der Waals surface area contributed by atoms with Gasteiger partial charge in [0.2, 0.25) is 5.91 Å². The molecule has 0 radical (unpaired) electrons. The number of aromatic nitrogens is 1. The maximum atomic E-state index is 13.1. The highest BCUT2D eigenvalue weighted by molar-refractivity contribution is 5.91. The number of carbonyl (C=O) groups is 2. The van der Waals surface area contributed by atoms with E-state index in [4.69, 9.17) is 4.74 Å². The number of amides is 1. The lowest BCUT2D eigenvalue weighted by Crippen LogP contribution is -2.41. The number of hydrogen-bond donors (Lipinski definition) is 0. The summed E-state index contributed by atoms with van der Waals surface area (Å²) in [5.41, 5.74) is 5.45. The molecule has 5 heteroatoms. The van der Waals surface area contributed by atoms with Gasteiger partial charge in [-0.15, -0.1) is 0 Å². The van der Waals surface area contributed by atoms with Gasteiger partial charge in [0.15, 0.2) is 0 Å². The number of hydrogen-bond acceptors (Lipinski definition) is 3. The van der Waals surface area contributed by atoms with E-state index in [2.05, 4.69) is 40.7 Å². The van der Waals surface area contributed by atoms with Crippen molar-refractivity contribution in [2.75, 3.05) is 13.2 Å². The molecule has 5 nitrogen and oxygen atoms in total. The fraction of sp³-hybridized carbons (Fsp3) is 0.538. The molecule has 1 aliphatic heterocycles. The summed E-state index contributed by atoms with van der Waals surface area (Å²) in [4.78, 5) is 27.4. The minimum absolute atomic E-state index is 0.156. The minimum atomic E-state index is -0.237. The molecule has 0 N–H and O–H groups in total. The zero-order valence-electron chi connectivity index (χ0n) is 19.0. The van der Waals surface area contributed by atoms with E-state index in [1.54, 1.807) is 0 Å². The largest absolute Gasteiger partial charge is 0.462 e. The van der Waals surface area contributed by atoms with Crippen LogP contribution in [0.1, 0.15) is 65.5 Å². The highest BCUT2D eigenvalue weighted by Crippen LogP contribution is 2.33. The Kier molecular flexibility index (Phi) is 6.49. The smallest absolute Gasteiger partial charge is 0.339 e. The molecule has 31 heavy (non-hydrogen) atoms. The van der Waals surface area contributed by atoms with E-state index >= 15 is 0 Å². The van der Waals surface area contributed by atoms with Crippen molar-refractivity contribution in [1.82, 2.24) is 9.47 Å². The van der Waals surface area contributed by atoms with E-state index < -0.39 is 0 Å². The van der Waals surface area contributed by atoms with Crippen LogP contribution in [-0.4, -0.2) is 34.5 Å². The first kappa shape index (κ1) is 21.7. The van der Waals surface area contributed by atoms with Gasteiger partial charge in [0.25, 0.3) is 0 Å². The molecule has 2 heterocycles. The molecule has 1 aliphatic carbocycles. The van der Waals surface area contributed by atoms with E-state index in [-0.39, 0.29) is 11.9 Å². The molecule has 0 unspecified atom stereocenters. The van der Waals surface area contributed by atoms with E-state index in [1.807, 2.05) is 19.9 Å². The fourth-order valence-corrected chi connectivity index (χ4v) is 5.29. The Balaban J connectivity index is 1.33. The van der Waals surface area contributed by atoms with Crippen molar-refractivity contribution < 1.29 is 14.3 Å². The second-order valence-corrected chi connectivity index (χ2v) is 9.11. The van der Waals surface area contributed by atoms with Crippen molar-refractivity contribution >= 4 is 11.9 Å². The molecule has 2 aliphatic rings. The lowest BCUT2D eigenvalue weighted by atomic mass is 9.81. The van der Waals surface area contributed by atoms with E-state index in [9.17, 15) is 9.59 Å². The number of fused-ring (bicyclic) bond motifs is 1. The first-order valence-electron chi connectivity index (χ1n) is 11.7. The maximum Gasteiger partial charge on any atom is 0.339 e. The maximum absolute atomic E-state index is 13.1. The molecular weight excluding hydrogens is 388 g/mol. The van der Waals surface area contributed by atoms with Crippen LogP contribution in [-0.2, 0) is 29.0 Å². The first-order chi connectivity index (χ1) is 15.0. The summed E-state index contributed by atoms with van der Waals surface area (Å²) in [7, 11) is 0. The van der Waals surface area contributed by atoms with Crippen molar-refractivity contribution in [2.45, 2.75) is 66.0 Å². The summed E-state index contributed by atoms with van der Waals surface area (Å²) in [5.74, 6) is 0.805. The predicted molar refractivity (Wildman–Crippen MR) is 121 cm³/mol. The standard InChI is InChI=1S/C26H34N2O3/c1-4-31-26(30)24-15-18(2)28(19(24)3)16-20-9-11-22(12-10-20)25(29)27-14-13-21-7-5-6-8-23(21)17-27/h5-8,15,20,22H,4,9-14,16-17H2,1-3H3. The SMILES string of the molecule is CCOC(=O)c1cc(C)n(CC2CCC(C(=O)N3CCc4ccccc4C3)CC2)c1C. The number of ether oxygens (including phenoxy) is 1. The molecule has 0 spiro atoms. The second-order valence-electron chi connectivity index (χ2n) is 9.11. The van der Waals surface area contributed by atoms with Crippen molar-refractivity contribution in [3.05, 3.63) is 58.4 Å². The van der Waals surface area contributed by atoms with Crippen LogP contribution in [0.5, 0.6) is 0 Å². The second kappa shape index (κ2) is 9.29. The highest BCUT2D eigenvalue weighted by atomic mass is 16.5. The highest BCUT2D eigenvalue weighted by Gasteiger charge is 2.31. The van der Waals surface area contributed by atoms with Crippen LogP contribution in [0.3, 0.4) is 0 Å². The Labute approximate surface area is 185 Å². The van der Waals surface area contributed by atoms with E-state index in [0.717, 1.165) is 63.1 Å². The van der Waals surface area contributed by atoms with Crippen LogP contribution in [0.15, 0.2) is 30.3 Å². The van der Waals surface area contributed by atoms with E-state index in [1.165, 1.54) is 11.1 Å². The zero-order chi connectivity index (χ0) is 22.0. The molecule has 1 aromatic heterocycles. The van der Waals surface area contributed by atoms with Gasteiger partial charge in [0, 0.05) is 36.9 Å². The number of benzene rings is 1. The van der Waals surface area contributed by atoms with Gasteiger partial charge >= 0.3 is 5.97 Å². The third-order valence-corrected chi connectivity index (χ3v) is 7.15. The lowest BCUT2D eigenvalue weighted by molar-refractivity contribution is -0.137. The van der Waals surface area contributed by atoms with Crippen LogP contribution in [0, 0.1) is 25.7 Å². The molecule has 0 atom stereocenters. The summed E-state index contributed by atoms with van der Waals surface area (Å²) in [5, 5.41) is 0.